The molecule has 6 nitrogen and oxygen atoms in total. The highest BCUT2D eigenvalue weighted by molar-refractivity contribution is 6.32. The van der Waals surface area contributed by atoms with E-state index in [-0.39, 0.29) is 16.6 Å². The van der Waals surface area contributed by atoms with Gasteiger partial charge in [-0.15, -0.1) is 0 Å². The predicted octanol–water partition coefficient (Wildman–Crippen LogP) is 4.14. The van der Waals surface area contributed by atoms with Gasteiger partial charge in [0.15, 0.2) is 0 Å². The fourth-order valence-electron chi connectivity index (χ4n) is 3.95. The third kappa shape index (κ3) is 4.20. The second-order valence-electron chi connectivity index (χ2n) is 7.31. The maximum absolute atomic E-state index is 12.8. The van der Waals surface area contributed by atoms with Crippen LogP contribution in [0.3, 0.4) is 0 Å². The molecule has 4 rings (SSSR count). The Morgan fingerprint density at radius 3 is 2.53 bits per heavy atom. The Hall–Kier alpha value is -2.83. The normalized spacial score (nSPS) is 15.1. The molecule has 1 N–H and O–H groups in total. The van der Waals surface area contributed by atoms with Gasteiger partial charge < -0.3 is 10.1 Å². The zero-order valence-electron chi connectivity index (χ0n) is 16.9. The number of aromatic nitrogens is 2. The Morgan fingerprint density at radius 1 is 1.10 bits per heavy atom. The highest BCUT2D eigenvalue weighted by atomic mass is 35.5. The molecule has 0 spiro atoms. The molecule has 3 aromatic rings. The lowest BCUT2D eigenvalue weighted by Crippen LogP contribution is -2.32. The van der Waals surface area contributed by atoms with Crippen molar-refractivity contribution in [2.24, 2.45) is 0 Å². The monoisotopic (exact) mass is 424 g/mol. The van der Waals surface area contributed by atoms with Crippen LogP contribution < -0.4 is 15.6 Å². The second kappa shape index (κ2) is 9.32. The van der Waals surface area contributed by atoms with Gasteiger partial charge in [-0.3, -0.25) is 9.69 Å². The quantitative estimate of drug-likeness (QED) is 0.617. The lowest BCUT2D eigenvalue weighted by Gasteiger charge is -2.29. The lowest BCUT2D eigenvalue weighted by molar-refractivity contribution is 0.249. The molecule has 0 amide bonds. The molecule has 0 radical (unpaired) electrons. The summed E-state index contributed by atoms with van der Waals surface area (Å²) in [5.41, 5.74) is 1.99. The van der Waals surface area contributed by atoms with Crippen molar-refractivity contribution in [2.75, 3.05) is 32.1 Å². The highest BCUT2D eigenvalue weighted by Crippen LogP contribution is 2.32. The summed E-state index contributed by atoms with van der Waals surface area (Å²) in [5.74, 6) is 0.861. The SMILES string of the molecule is COc1ccccc1[C@H](CNc1cnn(-c2ccccc2)c(=O)c1Cl)N1CCCC1. The Bertz CT molecular complexity index is 1050. The van der Waals surface area contributed by atoms with E-state index in [1.54, 1.807) is 13.3 Å². The van der Waals surface area contributed by atoms with Crippen molar-refractivity contribution in [3.63, 3.8) is 0 Å². The van der Waals surface area contributed by atoms with Crippen LogP contribution in [0.1, 0.15) is 24.4 Å². The first-order chi connectivity index (χ1) is 14.7. The van der Waals surface area contributed by atoms with Crippen LogP contribution in [0.15, 0.2) is 65.6 Å². The zero-order valence-corrected chi connectivity index (χ0v) is 17.7. The fraction of sp³-hybridized carbons (Fsp3) is 0.304. The number of hydrogen-bond donors (Lipinski definition) is 1. The predicted molar refractivity (Wildman–Crippen MR) is 120 cm³/mol. The number of nitrogens with one attached hydrogen (secondary N) is 1. The van der Waals surface area contributed by atoms with E-state index in [0.717, 1.165) is 24.4 Å². The number of halogens is 1. The molecule has 1 aliphatic heterocycles. The minimum absolute atomic E-state index is 0.108. The Balaban J connectivity index is 1.59. The molecule has 2 aromatic carbocycles. The van der Waals surface area contributed by atoms with Gasteiger partial charge in [0.2, 0.25) is 0 Å². The van der Waals surface area contributed by atoms with E-state index < -0.39 is 0 Å². The molecule has 1 aromatic heterocycles. The molecule has 0 aliphatic carbocycles. The van der Waals surface area contributed by atoms with Gasteiger partial charge >= 0.3 is 0 Å². The van der Waals surface area contributed by atoms with E-state index in [0.29, 0.717) is 17.9 Å². The standard InChI is InChI=1S/C23H25ClN4O2/c1-30-21-12-6-5-11-18(21)20(27-13-7-8-14-27)16-25-19-15-26-28(23(29)22(19)24)17-9-3-2-4-10-17/h2-6,9-12,15,20,25H,7-8,13-14,16H2,1H3/t20-/m0/s1. The Kier molecular flexibility index (Phi) is 6.35. The van der Waals surface area contributed by atoms with Crippen molar-refractivity contribution in [3.8, 4) is 11.4 Å². The van der Waals surface area contributed by atoms with Crippen LogP contribution in [0.2, 0.25) is 5.02 Å². The molecule has 7 heteroatoms. The van der Waals surface area contributed by atoms with Gasteiger partial charge in [-0.05, 0) is 44.1 Å². The summed E-state index contributed by atoms with van der Waals surface area (Å²) in [4.78, 5) is 15.2. The summed E-state index contributed by atoms with van der Waals surface area (Å²) >= 11 is 6.42. The van der Waals surface area contributed by atoms with Crippen molar-refractivity contribution in [1.29, 1.82) is 0 Å². The summed E-state index contributed by atoms with van der Waals surface area (Å²) in [6.45, 7) is 2.66. The van der Waals surface area contributed by atoms with Crippen LogP contribution in [0.25, 0.3) is 5.69 Å². The van der Waals surface area contributed by atoms with Gasteiger partial charge in [-0.1, -0.05) is 48.0 Å². The minimum atomic E-state index is -0.345. The van der Waals surface area contributed by atoms with E-state index in [2.05, 4.69) is 21.4 Å². The first kappa shape index (κ1) is 20.4. The van der Waals surface area contributed by atoms with Crippen LogP contribution in [0.5, 0.6) is 5.75 Å². The molecule has 1 saturated heterocycles. The van der Waals surface area contributed by atoms with Gasteiger partial charge in [0.25, 0.3) is 5.56 Å². The van der Waals surface area contributed by atoms with E-state index in [1.165, 1.54) is 17.5 Å². The molecule has 2 heterocycles. The average molecular weight is 425 g/mol. The smallest absolute Gasteiger partial charge is 0.292 e. The van der Waals surface area contributed by atoms with Gasteiger partial charge in [-0.25, -0.2) is 0 Å². The molecule has 1 aliphatic rings. The van der Waals surface area contributed by atoms with E-state index in [9.17, 15) is 4.79 Å². The molecule has 0 bridgehead atoms. The number of benzene rings is 2. The van der Waals surface area contributed by atoms with Crippen LogP contribution in [0, 0.1) is 0 Å². The molecule has 0 unspecified atom stereocenters. The largest absolute Gasteiger partial charge is 0.496 e. The number of hydrogen-bond acceptors (Lipinski definition) is 5. The molecule has 1 fully saturated rings. The molecule has 30 heavy (non-hydrogen) atoms. The van der Waals surface area contributed by atoms with E-state index in [1.807, 2.05) is 48.5 Å². The third-order valence-corrected chi connectivity index (χ3v) is 5.85. The Labute approximate surface area is 181 Å². The minimum Gasteiger partial charge on any atom is -0.496 e. The Morgan fingerprint density at radius 2 is 1.80 bits per heavy atom. The third-order valence-electron chi connectivity index (χ3n) is 5.48. The van der Waals surface area contributed by atoms with Crippen molar-refractivity contribution >= 4 is 17.3 Å². The first-order valence-corrected chi connectivity index (χ1v) is 10.5. The maximum Gasteiger partial charge on any atom is 0.292 e. The van der Waals surface area contributed by atoms with Crippen LogP contribution >= 0.6 is 11.6 Å². The number of ether oxygens (including phenoxy) is 1. The highest BCUT2D eigenvalue weighted by Gasteiger charge is 2.26. The zero-order chi connectivity index (χ0) is 20.9. The molecular weight excluding hydrogens is 400 g/mol. The van der Waals surface area contributed by atoms with Crippen molar-refractivity contribution in [2.45, 2.75) is 18.9 Å². The summed E-state index contributed by atoms with van der Waals surface area (Å²) in [6, 6.07) is 17.4. The van der Waals surface area contributed by atoms with Crippen molar-refractivity contribution in [3.05, 3.63) is 81.7 Å². The summed E-state index contributed by atoms with van der Waals surface area (Å²) < 4.78 is 6.91. The fourth-order valence-corrected chi connectivity index (χ4v) is 4.14. The number of likely N-dealkylation sites (tertiary alicyclic amines) is 1. The summed E-state index contributed by atoms with van der Waals surface area (Å²) in [6.07, 6.45) is 3.97. The van der Waals surface area contributed by atoms with Crippen LogP contribution in [-0.2, 0) is 0 Å². The molecule has 1 atom stereocenters. The molecule has 156 valence electrons. The van der Waals surface area contributed by atoms with Crippen molar-refractivity contribution in [1.82, 2.24) is 14.7 Å². The number of para-hydroxylation sites is 2. The molecule has 0 saturated carbocycles. The number of anilines is 1. The first-order valence-electron chi connectivity index (χ1n) is 10.1. The average Bonchev–Trinajstić information content (AvgIpc) is 3.32. The van der Waals surface area contributed by atoms with Gasteiger partial charge in [0, 0.05) is 12.1 Å². The topological polar surface area (TPSA) is 59.4 Å². The van der Waals surface area contributed by atoms with Gasteiger partial charge in [0.05, 0.1) is 30.7 Å². The number of methoxy groups -OCH3 is 1. The summed E-state index contributed by atoms with van der Waals surface area (Å²) in [7, 11) is 1.69. The maximum atomic E-state index is 12.8. The number of rotatable bonds is 7. The second-order valence-corrected chi connectivity index (χ2v) is 7.68. The summed E-state index contributed by atoms with van der Waals surface area (Å²) in [5, 5.41) is 7.80. The van der Waals surface area contributed by atoms with E-state index in [4.69, 9.17) is 16.3 Å². The van der Waals surface area contributed by atoms with Crippen LogP contribution in [-0.4, -0.2) is 41.4 Å². The van der Waals surface area contributed by atoms with E-state index >= 15 is 0 Å². The molecular formula is C23H25ClN4O2. The van der Waals surface area contributed by atoms with Gasteiger partial charge in [0.1, 0.15) is 10.8 Å². The van der Waals surface area contributed by atoms with Crippen molar-refractivity contribution < 1.29 is 4.74 Å². The van der Waals surface area contributed by atoms with Gasteiger partial charge in [-0.2, -0.15) is 9.78 Å². The number of nitrogens with zero attached hydrogens (tertiary/aromatic N) is 3. The lowest BCUT2D eigenvalue weighted by atomic mass is 10.0. The van der Waals surface area contributed by atoms with Crippen LogP contribution in [0.4, 0.5) is 5.69 Å².